The molecule has 1 saturated heterocycles. The van der Waals surface area contributed by atoms with Crippen LogP contribution in [0.4, 0.5) is 5.69 Å². The van der Waals surface area contributed by atoms with Gasteiger partial charge in [-0.2, -0.15) is 0 Å². The summed E-state index contributed by atoms with van der Waals surface area (Å²) in [5, 5.41) is 0. The first-order valence-electron chi connectivity index (χ1n) is 16.4. The molecule has 1 fully saturated rings. The van der Waals surface area contributed by atoms with Crippen LogP contribution < -0.4 is 4.90 Å². The molecule has 8 heteroatoms. The Morgan fingerprint density at radius 2 is 1.24 bits per heavy atom. The topological polar surface area (TPSA) is 32.3 Å². The molecule has 3 heterocycles. The fourth-order valence-corrected chi connectivity index (χ4v) is 7.02. The highest BCUT2D eigenvalue weighted by Gasteiger charge is 2.26. The number of aromatic nitrogens is 2. The molecule has 49 heavy (non-hydrogen) atoms. The minimum absolute atomic E-state index is 0. The predicted octanol–water partition coefficient (Wildman–Crippen LogP) is 11.4. The van der Waals surface area contributed by atoms with E-state index in [9.17, 15) is 0 Å². The number of benzene rings is 3. The van der Waals surface area contributed by atoms with Crippen LogP contribution >= 0.6 is 53.2 Å². The summed E-state index contributed by atoms with van der Waals surface area (Å²) in [4.78, 5) is 14.6. The molecule has 0 unspecified atom stereocenters. The first-order chi connectivity index (χ1) is 22.1. The Kier molecular flexibility index (Phi) is 14.7. The van der Waals surface area contributed by atoms with Crippen LogP contribution in [-0.4, -0.2) is 34.0 Å². The van der Waals surface area contributed by atoms with Crippen molar-refractivity contribution >= 4 is 58.8 Å². The second-order valence-electron chi connectivity index (χ2n) is 13.2. The van der Waals surface area contributed by atoms with E-state index in [1.807, 2.05) is 18.6 Å². The number of nitrogens with zero attached hydrogens (tertiary/aromatic N) is 4. The zero-order valence-corrected chi connectivity index (χ0v) is 33.3. The first kappa shape index (κ1) is 40.5. The van der Waals surface area contributed by atoms with E-state index >= 15 is 0 Å². The van der Waals surface area contributed by atoms with Gasteiger partial charge in [0.1, 0.15) is 0 Å². The third-order valence-corrected chi connectivity index (χ3v) is 10.5. The maximum atomic E-state index is 4.73. The summed E-state index contributed by atoms with van der Waals surface area (Å²) in [6.45, 7) is 17.1. The predicted molar refractivity (Wildman–Crippen MR) is 218 cm³/mol. The van der Waals surface area contributed by atoms with Gasteiger partial charge in [0.15, 0.2) is 0 Å². The molecule has 2 aromatic heterocycles. The SMILES string of the molecule is Cc1cc(-c2cncc(CN(c3ccc(Br)cc3)C3CCN(Cc4ccnc(-c5cc(C)c(C)c(C)c5)c4)CC3)c2)cc(C)c1C.Cl.Cl.Cl. The van der Waals surface area contributed by atoms with Gasteiger partial charge in [-0.05, 0) is 159 Å². The van der Waals surface area contributed by atoms with Crippen molar-refractivity contribution < 1.29 is 0 Å². The third-order valence-electron chi connectivity index (χ3n) is 10.0. The van der Waals surface area contributed by atoms with E-state index in [1.54, 1.807) is 0 Å². The van der Waals surface area contributed by atoms with Crippen molar-refractivity contribution in [1.82, 2.24) is 14.9 Å². The van der Waals surface area contributed by atoms with Crippen molar-refractivity contribution in [2.24, 2.45) is 0 Å². The lowest BCUT2D eigenvalue weighted by Gasteiger charge is -2.40. The van der Waals surface area contributed by atoms with Crippen molar-refractivity contribution in [3.05, 3.63) is 134 Å². The quantitative estimate of drug-likeness (QED) is 0.157. The molecule has 5 aromatic rings. The van der Waals surface area contributed by atoms with Crippen molar-refractivity contribution in [2.75, 3.05) is 18.0 Å². The fourth-order valence-electron chi connectivity index (χ4n) is 6.76. The number of likely N-dealkylation sites (tertiary alicyclic amines) is 1. The zero-order chi connectivity index (χ0) is 32.4. The highest BCUT2D eigenvalue weighted by Crippen LogP contribution is 2.31. The van der Waals surface area contributed by atoms with Crippen LogP contribution in [0, 0.1) is 41.5 Å². The van der Waals surface area contributed by atoms with Crippen LogP contribution in [-0.2, 0) is 13.1 Å². The summed E-state index contributed by atoms with van der Waals surface area (Å²) >= 11 is 3.64. The van der Waals surface area contributed by atoms with Gasteiger partial charge in [-0.25, -0.2) is 0 Å². The van der Waals surface area contributed by atoms with Crippen LogP contribution in [0.15, 0.2) is 89.8 Å². The molecular weight excluding hydrogens is 735 g/mol. The Labute approximate surface area is 320 Å². The summed E-state index contributed by atoms with van der Waals surface area (Å²) in [7, 11) is 0. The van der Waals surface area contributed by atoms with Crippen LogP contribution in [0.5, 0.6) is 0 Å². The standard InChI is InChI=1S/C41H45BrN4.3ClH/c1-27-17-35(18-28(2)31(27)5)37-21-34(23-43-24-37)26-46(39-9-7-38(42)8-10-39)40-12-15-45(16-13-40)25-33-11-14-44-41(22-33)36-19-29(3)32(6)30(4)20-36;;;/h7-11,14,17-24,40H,12-13,15-16,25-26H2,1-6H3;3*1H. The average Bonchev–Trinajstić information content (AvgIpc) is 3.06. The van der Waals surface area contributed by atoms with Crippen LogP contribution in [0.2, 0.25) is 0 Å². The van der Waals surface area contributed by atoms with Gasteiger partial charge in [0.05, 0.1) is 5.69 Å². The van der Waals surface area contributed by atoms with Gasteiger partial charge in [-0.3, -0.25) is 14.9 Å². The molecule has 1 aliphatic rings. The molecule has 0 radical (unpaired) electrons. The van der Waals surface area contributed by atoms with Crippen LogP contribution in [0.25, 0.3) is 22.4 Å². The molecule has 3 aromatic carbocycles. The maximum absolute atomic E-state index is 4.73. The van der Waals surface area contributed by atoms with Gasteiger partial charge in [0.25, 0.3) is 0 Å². The lowest BCUT2D eigenvalue weighted by atomic mass is 9.96. The molecule has 0 aliphatic carbocycles. The summed E-state index contributed by atoms with van der Waals surface area (Å²) in [6, 6.07) is 25.2. The Bertz CT molecular complexity index is 1810. The minimum atomic E-state index is 0. The number of hydrogen-bond donors (Lipinski definition) is 0. The molecular formula is C41H48BrCl3N4. The largest absolute Gasteiger partial charge is 0.364 e. The van der Waals surface area contributed by atoms with Crippen LogP contribution in [0.1, 0.15) is 57.3 Å². The molecule has 0 spiro atoms. The van der Waals surface area contributed by atoms with Gasteiger partial charge in [0, 0.05) is 72.1 Å². The van der Waals surface area contributed by atoms with Gasteiger partial charge >= 0.3 is 0 Å². The van der Waals surface area contributed by atoms with E-state index in [4.69, 9.17) is 9.97 Å². The summed E-state index contributed by atoms with van der Waals surface area (Å²) in [5.41, 5.74) is 16.5. The zero-order valence-electron chi connectivity index (χ0n) is 29.3. The lowest BCUT2D eigenvalue weighted by molar-refractivity contribution is 0.201. The number of anilines is 1. The lowest BCUT2D eigenvalue weighted by Crippen LogP contribution is -2.44. The Hall–Kier alpha value is -2.93. The van der Waals surface area contributed by atoms with Crippen molar-refractivity contribution in [2.45, 2.75) is 73.5 Å². The smallest absolute Gasteiger partial charge is 0.0705 e. The molecule has 0 amide bonds. The minimum Gasteiger partial charge on any atom is -0.364 e. The van der Waals surface area contributed by atoms with Crippen molar-refractivity contribution in [1.29, 1.82) is 0 Å². The summed E-state index contributed by atoms with van der Waals surface area (Å²) in [5.74, 6) is 0. The molecule has 1 aliphatic heterocycles. The van der Waals surface area contributed by atoms with Gasteiger partial charge in [-0.1, -0.05) is 28.1 Å². The van der Waals surface area contributed by atoms with Crippen molar-refractivity contribution in [3.63, 3.8) is 0 Å². The molecule has 6 rings (SSSR count). The highest BCUT2D eigenvalue weighted by molar-refractivity contribution is 9.10. The normalized spacial score (nSPS) is 13.2. The number of halogens is 4. The van der Waals surface area contributed by atoms with Crippen molar-refractivity contribution in [3.8, 4) is 22.4 Å². The second kappa shape index (κ2) is 17.8. The fraction of sp³-hybridized carbons (Fsp3) is 0.317. The number of pyridine rings is 2. The Morgan fingerprint density at radius 3 is 1.84 bits per heavy atom. The summed E-state index contributed by atoms with van der Waals surface area (Å²) < 4.78 is 1.10. The van der Waals surface area contributed by atoms with Gasteiger partial charge in [0.2, 0.25) is 0 Å². The van der Waals surface area contributed by atoms with E-state index in [0.717, 1.165) is 49.2 Å². The number of aryl methyl sites for hydroxylation is 4. The first-order valence-corrected chi connectivity index (χ1v) is 17.2. The molecule has 0 saturated carbocycles. The molecule has 0 atom stereocenters. The number of piperidine rings is 1. The molecule has 260 valence electrons. The van der Waals surface area contributed by atoms with E-state index in [0.29, 0.717) is 6.04 Å². The highest BCUT2D eigenvalue weighted by atomic mass is 79.9. The van der Waals surface area contributed by atoms with E-state index in [1.165, 1.54) is 66.9 Å². The average molecular weight is 783 g/mol. The van der Waals surface area contributed by atoms with Gasteiger partial charge in [-0.15, -0.1) is 37.2 Å². The van der Waals surface area contributed by atoms with Gasteiger partial charge < -0.3 is 4.90 Å². The Morgan fingerprint density at radius 1 is 0.673 bits per heavy atom. The third kappa shape index (κ3) is 9.65. The molecule has 0 bridgehead atoms. The number of hydrogen-bond acceptors (Lipinski definition) is 4. The second-order valence-corrected chi connectivity index (χ2v) is 14.1. The van der Waals surface area contributed by atoms with E-state index in [2.05, 4.69) is 134 Å². The van der Waals surface area contributed by atoms with Crippen LogP contribution in [0.3, 0.4) is 0 Å². The Balaban J connectivity index is 0.00000217. The van der Waals surface area contributed by atoms with E-state index in [-0.39, 0.29) is 37.2 Å². The monoisotopic (exact) mass is 780 g/mol. The number of rotatable bonds is 8. The van der Waals surface area contributed by atoms with E-state index < -0.39 is 0 Å². The summed E-state index contributed by atoms with van der Waals surface area (Å²) in [6.07, 6.45) is 8.25. The molecule has 4 nitrogen and oxygen atoms in total. The molecule has 0 N–H and O–H groups in total. The maximum Gasteiger partial charge on any atom is 0.0705 e.